The highest BCUT2D eigenvalue weighted by Gasteiger charge is 2.55. The van der Waals surface area contributed by atoms with Gasteiger partial charge in [0.1, 0.15) is 5.54 Å². The number of Topliss-reactive ketones (excluding diaryl/α,β-unsaturated/α-hetero) is 2. The lowest BCUT2D eigenvalue weighted by atomic mass is 9.73. The molecule has 26 heavy (non-hydrogen) atoms. The predicted octanol–water partition coefficient (Wildman–Crippen LogP) is 2.52. The Morgan fingerprint density at radius 2 is 1.92 bits per heavy atom. The molecule has 2 fully saturated rings. The number of hydrogen-bond donors (Lipinski definition) is 2. The number of urea groups is 1. The standard InChI is InChI=1S/C19H25N3O4/c1-10-7-5-6-8-19(10)17(25)22(18(26)21-19)9-14(24)16-11(2)15(13(4)23)12(3)20-16/h10,20H,5-9H2,1-4H3,(H,21,26)/t10-,19-/m1/s1. The predicted molar refractivity (Wildman–Crippen MR) is 95.2 cm³/mol. The third kappa shape index (κ3) is 2.66. The summed E-state index contributed by atoms with van der Waals surface area (Å²) in [5.41, 5.74) is 1.08. The van der Waals surface area contributed by atoms with Gasteiger partial charge in [0, 0.05) is 11.3 Å². The Kier molecular flexibility index (Phi) is 4.50. The number of nitrogens with zero attached hydrogens (tertiary/aromatic N) is 1. The zero-order valence-electron chi connectivity index (χ0n) is 15.7. The molecule has 0 bridgehead atoms. The van der Waals surface area contributed by atoms with Crippen molar-refractivity contribution in [3.8, 4) is 0 Å². The van der Waals surface area contributed by atoms with Crippen LogP contribution in [0.25, 0.3) is 0 Å². The highest BCUT2D eigenvalue weighted by Crippen LogP contribution is 2.38. The van der Waals surface area contributed by atoms with Gasteiger partial charge in [0.25, 0.3) is 5.91 Å². The van der Waals surface area contributed by atoms with Crippen LogP contribution in [0, 0.1) is 19.8 Å². The van der Waals surface area contributed by atoms with Gasteiger partial charge in [-0.05, 0) is 45.1 Å². The van der Waals surface area contributed by atoms with Crippen LogP contribution in [0.3, 0.4) is 0 Å². The van der Waals surface area contributed by atoms with E-state index in [1.54, 1.807) is 13.8 Å². The number of ketones is 2. The van der Waals surface area contributed by atoms with Crippen molar-refractivity contribution < 1.29 is 19.2 Å². The summed E-state index contributed by atoms with van der Waals surface area (Å²) in [4.78, 5) is 53.8. The molecular formula is C19H25N3O4. The van der Waals surface area contributed by atoms with Crippen LogP contribution in [0.4, 0.5) is 4.79 Å². The normalized spacial score (nSPS) is 25.7. The summed E-state index contributed by atoms with van der Waals surface area (Å²) in [6.45, 7) is 6.53. The van der Waals surface area contributed by atoms with Gasteiger partial charge in [0.05, 0.1) is 12.2 Å². The molecule has 1 aliphatic heterocycles. The molecule has 0 aromatic carbocycles. The number of H-pyrrole nitrogens is 1. The molecule has 0 unspecified atom stereocenters. The fraction of sp³-hybridized carbons (Fsp3) is 0.579. The van der Waals surface area contributed by atoms with Gasteiger partial charge in [0.2, 0.25) is 0 Å². The van der Waals surface area contributed by atoms with Gasteiger partial charge in [-0.1, -0.05) is 19.8 Å². The SMILES string of the molecule is CC(=O)c1c(C)[nH]c(C(=O)CN2C(=O)N[C@@]3(CCCC[C@H]3C)C2=O)c1C. The van der Waals surface area contributed by atoms with Crippen LogP contribution in [0.2, 0.25) is 0 Å². The first-order valence-corrected chi connectivity index (χ1v) is 9.06. The molecule has 1 saturated carbocycles. The molecule has 2 atom stereocenters. The molecule has 1 spiro atoms. The summed E-state index contributed by atoms with van der Waals surface area (Å²) in [7, 11) is 0. The van der Waals surface area contributed by atoms with E-state index in [-0.39, 0.29) is 35.6 Å². The third-order valence-corrected chi connectivity index (χ3v) is 5.87. The molecular weight excluding hydrogens is 334 g/mol. The molecule has 2 heterocycles. The fourth-order valence-corrected chi connectivity index (χ4v) is 4.42. The Morgan fingerprint density at radius 1 is 1.23 bits per heavy atom. The lowest BCUT2D eigenvalue weighted by Gasteiger charge is -2.36. The minimum Gasteiger partial charge on any atom is -0.355 e. The topological polar surface area (TPSA) is 99.3 Å². The monoisotopic (exact) mass is 359 g/mol. The van der Waals surface area contributed by atoms with Crippen molar-refractivity contribution >= 4 is 23.5 Å². The molecule has 1 aromatic rings. The maximum absolute atomic E-state index is 13.0. The Hall–Kier alpha value is -2.44. The molecule has 1 saturated heterocycles. The lowest BCUT2D eigenvalue weighted by Crippen LogP contribution is -2.54. The van der Waals surface area contributed by atoms with Gasteiger partial charge in [-0.25, -0.2) is 4.79 Å². The molecule has 2 N–H and O–H groups in total. The molecule has 1 aliphatic carbocycles. The van der Waals surface area contributed by atoms with Gasteiger partial charge >= 0.3 is 6.03 Å². The lowest BCUT2D eigenvalue weighted by molar-refractivity contribution is -0.133. The molecule has 7 nitrogen and oxygen atoms in total. The Morgan fingerprint density at radius 3 is 2.50 bits per heavy atom. The smallest absolute Gasteiger partial charge is 0.325 e. The van der Waals surface area contributed by atoms with Crippen molar-refractivity contribution in [1.29, 1.82) is 0 Å². The van der Waals surface area contributed by atoms with E-state index in [2.05, 4.69) is 10.3 Å². The van der Waals surface area contributed by atoms with E-state index in [1.165, 1.54) is 6.92 Å². The quantitative estimate of drug-likeness (QED) is 0.637. The number of carbonyl (C=O) groups excluding carboxylic acids is 4. The number of carbonyl (C=O) groups is 4. The van der Waals surface area contributed by atoms with Crippen molar-refractivity contribution in [3.05, 3.63) is 22.5 Å². The van der Waals surface area contributed by atoms with E-state index in [4.69, 9.17) is 0 Å². The average molecular weight is 359 g/mol. The first-order valence-electron chi connectivity index (χ1n) is 9.06. The van der Waals surface area contributed by atoms with Gasteiger partial charge in [-0.3, -0.25) is 19.3 Å². The number of aromatic amines is 1. The molecule has 3 amide bonds. The van der Waals surface area contributed by atoms with Crippen LogP contribution in [0.1, 0.15) is 71.6 Å². The maximum Gasteiger partial charge on any atom is 0.325 e. The minimum absolute atomic E-state index is 0.0478. The summed E-state index contributed by atoms with van der Waals surface area (Å²) >= 11 is 0. The second kappa shape index (κ2) is 6.37. The van der Waals surface area contributed by atoms with Gasteiger partial charge in [0.15, 0.2) is 11.6 Å². The van der Waals surface area contributed by atoms with E-state index in [0.717, 1.165) is 24.2 Å². The third-order valence-electron chi connectivity index (χ3n) is 5.87. The average Bonchev–Trinajstić information content (AvgIpc) is 2.99. The van der Waals surface area contributed by atoms with Gasteiger partial charge in [-0.2, -0.15) is 0 Å². The van der Waals surface area contributed by atoms with Gasteiger partial charge < -0.3 is 10.3 Å². The number of imide groups is 1. The van der Waals surface area contributed by atoms with Crippen LogP contribution >= 0.6 is 0 Å². The van der Waals surface area contributed by atoms with Gasteiger partial charge in [-0.15, -0.1) is 0 Å². The number of aryl methyl sites for hydroxylation is 1. The Balaban J connectivity index is 1.84. The Labute approximate surface area is 152 Å². The van der Waals surface area contributed by atoms with Crippen LogP contribution in [0.5, 0.6) is 0 Å². The van der Waals surface area contributed by atoms with Crippen LogP contribution < -0.4 is 5.32 Å². The molecule has 2 aliphatic rings. The zero-order chi connectivity index (χ0) is 19.2. The van der Waals surface area contributed by atoms with E-state index >= 15 is 0 Å². The molecule has 0 radical (unpaired) electrons. The summed E-state index contributed by atoms with van der Waals surface area (Å²) in [6, 6.07) is -0.509. The zero-order valence-corrected chi connectivity index (χ0v) is 15.7. The number of amides is 3. The maximum atomic E-state index is 13.0. The van der Waals surface area contributed by atoms with E-state index in [0.29, 0.717) is 23.2 Å². The first kappa shape index (κ1) is 18.4. The number of hydrogen-bond acceptors (Lipinski definition) is 4. The van der Waals surface area contributed by atoms with Crippen molar-refractivity contribution in [1.82, 2.24) is 15.2 Å². The van der Waals surface area contributed by atoms with Crippen LogP contribution in [-0.4, -0.2) is 45.5 Å². The number of rotatable bonds is 4. The second-order valence-corrected chi connectivity index (χ2v) is 7.54. The van der Waals surface area contributed by atoms with Crippen molar-refractivity contribution in [2.24, 2.45) is 5.92 Å². The summed E-state index contributed by atoms with van der Waals surface area (Å²) in [5, 5.41) is 2.85. The van der Waals surface area contributed by atoms with Crippen LogP contribution in [0.15, 0.2) is 0 Å². The summed E-state index contributed by atoms with van der Waals surface area (Å²) < 4.78 is 0. The summed E-state index contributed by atoms with van der Waals surface area (Å²) in [6.07, 6.45) is 3.41. The summed E-state index contributed by atoms with van der Waals surface area (Å²) in [5.74, 6) is -0.759. The van der Waals surface area contributed by atoms with Crippen molar-refractivity contribution in [2.75, 3.05) is 6.54 Å². The number of aromatic nitrogens is 1. The van der Waals surface area contributed by atoms with E-state index < -0.39 is 11.6 Å². The largest absolute Gasteiger partial charge is 0.355 e. The van der Waals surface area contributed by atoms with Crippen LogP contribution in [-0.2, 0) is 4.79 Å². The first-order chi connectivity index (χ1) is 12.2. The second-order valence-electron chi connectivity index (χ2n) is 7.54. The molecule has 1 aromatic heterocycles. The molecule has 7 heteroatoms. The highest BCUT2D eigenvalue weighted by atomic mass is 16.2. The Bertz CT molecular complexity index is 810. The molecule has 140 valence electrons. The molecule has 3 rings (SSSR count). The number of nitrogens with one attached hydrogen (secondary N) is 2. The van der Waals surface area contributed by atoms with Crippen molar-refractivity contribution in [3.63, 3.8) is 0 Å². The van der Waals surface area contributed by atoms with E-state index in [9.17, 15) is 19.2 Å². The van der Waals surface area contributed by atoms with E-state index in [1.807, 2.05) is 6.92 Å². The highest BCUT2D eigenvalue weighted by molar-refractivity contribution is 6.12. The van der Waals surface area contributed by atoms with Crippen molar-refractivity contribution in [2.45, 2.75) is 58.9 Å². The minimum atomic E-state index is -0.874. The fourth-order valence-electron chi connectivity index (χ4n) is 4.42.